The van der Waals surface area contributed by atoms with Gasteiger partial charge in [0.15, 0.2) is 0 Å². The minimum Gasteiger partial charge on any atom is -0.356 e. The fraction of sp³-hybridized carbons (Fsp3) is 0.500. The molecule has 2 heterocycles. The van der Waals surface area contributed by atoms with Gasteiger partial charge < -0.3 is 10.2 Å². The molecular formula is C22H26F3N3O2S. The SMILES string of the molecule is Cc1csc(CCCCNC(=O)C2CCN(C(=O)c3ccc(C(F)(F)F)cc3)CC2)n1. The number of aryl methyl sites for hydroxylation is 2. The van der Waals surface area contributed by atoms with Gasteiger partial charge in [0, 0.05) is 42.2 Å². The first-order chi connectivity index (χ1) is 14.7. The van der Waals surface area contributed by atoms with E-state index in [4.69, 9.17) is 0 Å². The van der Waals surface area contributed by atoms with Crippen molar-refractivity contribution in [3.63, 3.8) is 0 Å². The lowest BCUT2D eigenvalue weighted by Gasteiger charge is -2.31. The summed E-state index contributed by atoms with van der Waals surface area (Å²) in [7, 11) is 0. The Kier molecular flexibility index (Phi) is 7.69. The summed E-state index contributed by atoms with van der Waals surface area (Å²) in [5, 5.41) is 6.13. The van der Waals surface area contributed by atoms with Gasteiger partial charge in [-0.25, -0.2) is 4.98 Å². The quantitative estimate of drug-likeness (QED) is 0.630. The molecule has 168 valence electrons. The standard InChI is InChI=1S/C22H26F3N3O2S/c1-15-14-31-19(27-15)4-2-3-11-26-20(29)16-9-12-28(13-10-16)21(30)17-5-7-18(8-6-17)22(23,24)25/h5-8,14,16H,2-4,9-13H2,1H3,(H,26,29). The number of amides is 2. The second kappa shape index (κ2) is 10.3. The summed E-state index contributed by atoms with van der Waals surface area (Å²) in [6.45, 7) is 3.43. The Labute approximate surface area is 183 Å². The molecule has 0 spiro atoms. The third-order valence-electron chi connectivity index (χ3n) is 5.40. The molecular weight excluding hydrogens is 427 g/mol. The lowest BCUT2D eigenvalue weighted by Crippen LogP contribution is -2.43. The van der Waals surface area contributed by atoms with Crippen molar-refractivity contribution in [1.82, 2.24) is 15.2 Å². The number of likely N-dealkylation sites (tertiary alicyclic amines) is 1. The molecule has 1 aromatic heterocycles. The molecule has 31 heavy (non-hydrogen) atoms. The van der Waals surface area contributed by atoms with E-state index in [9.17, 15) is 22.8 Å². The summed E-state index contributed by atoms with van der Waals surface area (Å²) < 4.78 is 38.0. The van der Waals surface area contributed by atoms with Gasteiger partial charge in [0.25, 0.3) is 5.91 Å². The van der Waals surface area contributed by atoms with Crippen LogP contribution in [-0.4, -0.2) is 41.3 Å². The highest BCUT2D eigenvalue weighted by atomic mass is 32.1. The van der Waals surface area contributed by atoms with Crippen molar-refractivity contribution in [1.29, 1.82) is 0 Å². The van der Waals surface area contributed by atoms with Gasteiger partial charge in [-0.3, -0.25) is 9.59 Å². The second-order valence-electron chi connectivity index (χ2n) is 7.77. The van der Waals surface area contributed by atoms with Gasteiger partial charge in [-0.2, -0.15) is 13.2 Å². The van der Waals surface area contributed by atoms with E-state index in [0.29, 0.717) is 32.5 Å². The molecule has 1 aromatic carbocycles. The highest BCUT2D eigenvalue weighted by Gasteiger charge is 2.31. The zero-order valence-corrected chi connectivity index (χ0v) is 18.2. The molecule has 0 saturated carbocycles. The molecule has 0 unspecified atom stereocenters. The number of hydrogen-bond donors (Lipinski definition) is 1. The highest BCUT2D eigenvalue weighted by molar-refractivity contribution is 7.09. The first-order valence-electron chi connectivity index (χ1n) is 10.4. The maximum absolute atomic E-state index is 12.7. The predicted octanol–water partition coefficient (Wildman–Crippen LogP) is 4.46. The van der Waals surface area contributed by atoms with Crippen LogP contribution in [0.3, 0.4) is 0 Å². The number of aromatic nitrogens is 1. The Morgan fingerprint density at radius 1 is 1.16 bits per heavy atom. The van der Waals surface area contributed by atoms with E-state index in [2.05, 4.69) is 10.3 Å². The van der Waals surface area contributed by atoms with Gasteiger partial charge >= 0.3 is 6.18 Å². The van der Waals surface area contributed by atoms with Crippen molar-refractivity contribution >= 4 is 23.2 Å². The molecule has 1 fully saturated rings. The van der Waals surface area contributed by atoms with Crippen LogP contribution in [0.1, 0.15) is 52.3 Å². The van der Waals surface area contributed by atoms with E-state index in [1.54, 1.807) is 16.2 Å². The summed E-state index contributed by atoms with van der Waals surface area (Å²) in [6, 6.07) is 4.25. The summed E-state index contributed by atoms with van der Waals surface area (Å²) in [4.78, 5) is 30.9. The van der Waals surface area contributed by atoms with Gasteiger partial charge in [0.05, 0.1) is 10.6 Å². The number of benzene rings is 1. The molecule has 1 aliphatic rings. The van der Waals surface area contributed by atoms with Crippen molar-refractivity contribution in [3.8, 4) is 0 Å². The number of thiazole rings is 1. The number of carbonyl (C=O) groups is 2. The van der Waals surface area contributed by atoms with Crippen LogP contribution in [0.2, 0.25) is 0 Å². The summed E-state index contributed by atoms with van der Waals surface area (Å²) in [6.07, 6.45) is -0.553. The Balaban J connectivity index is 1.37. The number of hydrogen-bond acceptors (Lipinski definition) is 4. The number of nitrogens with one attached hydrogen (secondary N) is 1. The maximum atomic E-state index is 12.7. The normalized spacial score (nSPS) is 15.2. The van der Waals surface area contributed by atoms with Crippen LogP contribution in [0.15, 0.2) is 29.6 Å². The van der Waals surface area contributed by atoms with Crippen LogP contribution in [0.25, 0.3) is 0 Å². The lowest BCUT2D eigenvalue weighted by molar-refractivity contribution is -0.137. The first-order valence-corrected chi connectivity index (χ1v) is 11.3. The lowest BCUT2D eigenvalue weighted by atomic mass is 9.95. The second-order valence-corrected chi connectivity index (χ2v) is 8.71. The topological polar surface area (TPSA) is 62.3 Å². The largest absolute Gasteiger partial charge is 0.416 e. The summed E-state index contributed by atoms with van der Waals surface area (Å²) >= 11 is 1.66. The van der Waals surface area contributed by atoms with Crippen LogP contribution >= 0.6 is 11.3 Å². The summed E-state index contributed by atoms with van der Waals surface area (Å²) in [5.41, 5.74) is 0.490. The zero-order valence-electron chi connectivity index (χ0n) is 17.4. The fourth-order valence-corrected chi connectivity index (χ4v) is 4.42. The molecule has 2 amide bonds. The van der Waals surface area contributed by atoms with Gasteiger partial charge in [0.1, 0.15) is 0 Å². The monoisotopic (exact) mass is 453 g/mol. The van der Waals surface area contributed by atoms with E-state index in [0.717, 1.165) is 42.1 Å². The van der Waals surface area contributed by atoms with E-state index in [1.165, 1.54) is 12.1 Å². The number of piperidine rings is 1. The van der Waals surface area contributed by atoms with Crippen molar-refractivity contribution in [2.24, 2.45) is 5.92 Å². The van der Waals surface area contributed by atoms with Gasteiger partial charge in [0.2, 0.25) is 5.91 Å². The first kappa shape index (κ1) is 23.2. The summed E-state index contributed by atoms with van der Waals surface area (Å²) in [5.74, 6) is -0.435. The number of halogens is 3. The minimum absolute atomic E-state index is 0.00622. The smallest absolute Gasteiger partial charge is 0.356 e. The van der Waals surface area contributed by atoms with Crippen LogP contribution in [0, 0.1) is 12.8 Å². The third-order valence-corrected chi connectivity index (χ3v) is 6.42. The van der Waals surface area contributed by atoms with Gasteiger partial charge in [-0.05, 0) is 63.3 Å². The van der Waals surface area contributed by atoms with Crippen LogP contribution < -0.4 is 5.32 Å². The van der Waals surface area contributed by atoms with E-state index in [1.807, 2.05) is 12.3 Å². The molecule has 0 bridgehead atoms. The average molecular weight is 454 g/mol. The predicted molar refractivity (Wildman–Crippen MR) is 113 cm³/mol. The van der Waals surface area contributed by atoms with Gasteiger partial charge in [-0.15, -0.1) is 11.3 Å². The fourth-order valence-electron chi connectivity index (χ4n) is 3.60. The number of carbonyl (C=O) groups excluding carboxylic acids is 2. The van der Waals surface area contributed by atoms with Crippen LogP contribution in [-0.2, 0) is 17.4 Å². The molecule has 0 radical (unpaired) electrons. The van der Waals surface area contributed by atoms with E-state index >= 15 is 0 Å². The number of unbranched alkanes of at least 4 members (excludes halogenated alkanes) is 1. The number of rotatable bonds is 7. The van der Waals surface area contributed by atoms with Gasteiger partial charge in [-0.1, -0.05) is 0 Å². The van der Waals surface area contributed by atoms with Crippen molar-refractivity contribution in [3.05, 3.63) is 51.5 Å². The van der Waals surface area contributed by atoms with E-state index in [-0.39, 0.29) is 23.3 Å². The maximum Gasteiger partial charge on any atom is 0.416 e. The van der Waals surface area contributed by atoms with Crippen LogP contribution in [0.5, 0.6) is 0 Å². The molecule has 2 aromatic rings. The Bertz CT molecular complexity index is 888. The Morgan fingerprint density at radius 2 is 1.84 bits per heavy atom. The molecule has 5 nitrogen and oxygen atoms in total. The molecule has 1 saturated heterocycles. The van der Waals surface area contributed by atoms with E-state index < -0.39 is 11.7 Å². The molecule has 1 N–H and O–H groups in total. The molecule has 0 aliphatic carbocycles. The Hall–Kier alpha value is -2.42. The zero-order chi connectivity index (χ0) is 22.4. The molecule has 3 rings (SSSR count). The highest BCUT2D eigenvalue weighted by Crippen LogP contribution is 2.29. The average Bonchev–Trinajstić information content (AvgIpc) is 3.17. The molecule has 9 heteroatoms. The molecule has 0 atom stereocenters. The van der Waals surface area contributed by atoms with Crippen LogP contribution in [0.4, 0.5) is 13.2 Å². The minimum atomic E-state index is -4.42. The Morgan fingerprint density at radius 3 is 2.42 bits per heavy atom. The third kappa shape index (κ3) is 6.53. The van der Waals surface area contributed by atoms with Crippen molar-refractivity contribution in [2.45, 2.75) is 45.2 Å². The van der Waals surface area contributed by atoms with Crippen molar-refractivity contribution < 1.29 is 22.8 Å². The number of alkyl halides is 3. The molecule has 1 aliphatic heterocycles. The van der Waals surface area contributed by atoms with Crippen molar-refractivity contribution in [2.75, 3.05) is 19.6 Å². The number of nitrogens with zero attached hydrogens (tertiary/aromatic N) is 2.